The van der Waals surface area contributed by atoms with Gasteiger partial charge in [0.15, 0.2) is 0 Å². The van der Waals surface area contributed by atoms with Gasteiger partial charge in [0.2, 0.25) is 5.90 Å². The second kappa shape index (κ2) is 8.24. The predicted molar refractivity (Wildman–Crippen MR) is 53.3 cm³/mol. The molecule has 0 radical (unpaired) electrons. The van der Waals surface area contributed by atoms with Crippen molar-refractivity contribution in [2.75, 3.05) is 20.2 Å². The summed E-state index contributed by atoms with van der Waals surface area (Å²) >= 11 is 0. The van der Waals surface area contributed by atoms with E-state index in [1.165, 1.54) is 0 Å². The van der Waals surface area contributed by atoms with Crippen LogP contribution in [0.2, 0.25) is 0 Å². The van der Waals surface area contributed by atoms with Gasteiger partial charge in [-0.25, -0.2) is 0 Å². The molecule has 0 aromatic rings. The van der Waals surface area contributed by atoms with Crippen LogP contribution in [0.5, 0.6) is 0 Å². The van der Waals surface area contributed by atoms with Crippen LogP contribution >= 0.6 is 0 Å². The topological polar surface area (TPSA) is 34.0 Å². The van der Waals surface area contributed by atoms with Crippen molar-refractivity contribution in [2.24, 2.45) is 9.98 Å². The van der Waals surface area contributed by atoms with Crippen molar-refractivity contribution in [2.45, 2.75) is 26.7 Å². The third kappa shape index (κ3) is 5.89. The first kappa shape index (κ1) is 11.1. The number of rotatable bonds is 5. The Morgan fingerprint density at radius 2 is 2.17 bits per heavy atom. The van der Waals surface area contributed by atoms with Crippen molar-refractivity contribution in [3.05, 3.63) is 0 Å². The lowest BCUT2D eigenvalue weighted by atomic mass is 10.5. The second-order valence-corrected chi connectivity index (χ2v) is 2.41. The Hall–Kier alpha value is -0.860. The zero-order chi connectivity index (χ0) is 9.23. The van der Waals surface area contributed by atoms with Crippen molar-refractivity contribution in [1.82, 2.24) is 0 Å². The van der Waals surface area contributed by atoms with E-state index in [1.807, 2.05) is 6.21 Å². The Balaban J connectivity index is 3.73. The van der Waals surface area contributed by atoms with E-state index in [4.69, 9.17) is 4.74 Å². The molecule has 0 spiro atoms. The highest BCUT2D eigenvalue weighted by atomic mass is 16.5. The van der Waals surface area contributed by atoms with Crippen LogP contribution in [0.15, 0.2) is 9.98 Å². The van der Waals surface area contributed by atoms with E-state index in [0.717, 1.165) is 25.3 Å². The lowest BCUT2D eigenvalue weighted by Gasteiger charge is -2.00. The number of nitrogens with zero attached hydrogens (tertiary/aromatic N) is 2. The molecule has 0 N–H and O–H groups in total. The van der Waals surface area contributed by atoms with Crippen LogP contribution in [0, 0.1) is 0 Å². The molecule has 0 atom stereocenters. The van der Waals surface area contributed by atoms with Crippen LogP contribution in [-0.4, -0.2) is 32.3 Å². The maximum absolute atomic E-state index is 5.04. The monoisotopic (exact) mass is 170 g/mol. The maximum atomic E-state index is 5.04. The highest BCUT2D eigenvalue weighted by Gasteiger charge is 1.92. The van der Waals surface area contributed by atoms with Crippen molar-refractivity contribution in [3.8, 4) is 0 Å². The fraction of sp³-hybridized carbons (Fsp3) is 0.778. The van der Waals surface area contributed by atoms with E-state index in [0.29, 0.717) is 6.54 Å². The Kier molecular flexibility index (Phi) is 7.65. The molecule has 0 saturated heterocycles. The zero-order valence-electron chi connectivity index (χ0n) is 8.21. The summed E-state index contributed by atoms with van der Waals surface area (Å²) in [6.45, 7) is 5.54. The summed E-state index contributed by atoms with van der Waals surface area (Å²) in [5.41, 5.74) is 0. The molecule has 0 aliphatic carbocycles. The number of methoxy groups -OCH3 is 1. The molecular weight excluding hydrogens is 152 g/mol. The Morgan fingerprint density at radius 1 is 1.42 bits per heavy atom. The summed E-state index contributed by atoms with van der Waals surface area (Å²) < 4.78 is 5.04. The van der Waals surface area contributed by atoms with Gasteiger partial charge in [0.05, 0.1) is 7.11 Å². The van der Waals surface area contributed by atoms with E-state index in [-0.39, 0.29) is 0 Å². The van der Waals surface area contributed by atoms with Gasteiger partial charge in [-0.1, -0.05) is 13.8 Å². The van der Waals surface area contributed by atoms with Gasteiger partial charge < -0.3 is 4.74 Å². The van der Waals surface area contributed by atoms with E-state index < -0.39 is 0 Å². The van der Waals surface area contributed by atoms with E-state index in [9.17, 15) is 0 Å². The minimum Gasteiger partial charge on any atom is -0.483 e. The molecule has 0 saturated carbocycles. The quantitative estimate of drug-likeness (QED) is 0.458. The first-order valence-electron chi connectivity index (χ1n) is 4.40. The molecule has 0 heterocycles. The molecule has 12 heavy (non-hydrogen) atoms. The van der Waals surface area contributed by atoms with Gasteiger partial charge in [0.25, 0.3) is 0 Å². The SMILES string of the molecule is CCC=NCC(=NCCC)OC. The Morgan fingerprint density at radius 3 is 2.67 bits per heavy atom. The molecule has 0 amide bonds. The van der Waals surface area contributed by atoms with E-state index in [1.54, 1.807) is 7.11 Å². The minimum absolute atomic E-state index is 0.574. The van der Waals surface area contributed by atoms with Crippen LogP contribution in [0.3, 0.4) is 0 Å². The van der Waals surface area contributed by atoms with Crippen LogP contribution in [0.25, 0.3) is 0 Å². The van der Waals surface area contributed by atoms with Crippen molar-refractivity contribution in [1.29, 1.82) is 0 Å². The van der Waals surface area contributed by atoms with Gasteiger partial charge >= 0.3 is 0 Å². The van der Waals surface area contributed by atoms with Gasteiger partial charge in [-0.3, -0.25) is 9.98 Å². The molecule has 0 aliphatic rings. The molecule has 0 fully saturated rings. The van der Waals surface area contributed by atoms with E-state index in [2.05, 4.69) is 23.8 Å². The summed E-state index contributed by atoms with van der Waals surface area (Å²) in [4.78, 5) is 8.35. The molecule has 3 heteroatoms. The van der Waals surface area contributed by atoms with Gasteiger partial charge in [0, 0.05) is 6.54 Å². The fourth-order valence-corrected chi connectivity index (χ4v) is 0.687. The second-order valence-electron chi connectivity index (χ2n) is 2.41. The summed E-state index contributed by atoms with van der Waals surface area (Å²) in [5, 5.41) is 0. The van der Waals surface area contributed by atoms with Crippen LogP contribution in [0.1, 0.15) is 26.7 Å². The summed E-state index contributed by atoms with van der Waals surface area (Å²) in [6, 6.07) is 0. The lowest BCUT2D eigenvalue weighted by Crippen LogP contribution is -2.06. The fourth-order valence-electron chi connectivity index (χ4n) is 0.687. The predicted octanol–water partition coefficient (Wildman–Crippen LogP) is 1.92. The minimum atomic E-state index is 0.574. The number of aliphatic imine (C=N–C) groups is 2. The molecule has 70 valence electrons. The molecule has 0 bridgehead atoms. The van der Waals surface area contributed by atoms with E-state index >= 15 is 0 Å². The Labute approximate surface area is 74.6 Å². The van der Waals surface area contributed by atoms with Gasteiger partial charge in [-0.15, -0.1) is 0 Å². The molecule has 0 rings (SSSR count). The first-order valence-corrected chi connectivity index (χ1v) is 4.40. The summed E-state index contributed by atoms with van der Waals surface area (Å²) in [5.74, 6) is 0.724. The smallest absolute Gasteiger partial charge is 0.205 e. The highest BCUT2D eigenvalue weighted by molar-refractivity contribution is 5.79. The normalized spacial score (nSPS) is 12.4. The first-order chi connectivity index (χ1) is 5.85. The van der Waals surface area contributed by atoms with Crippen LogP contribution in [-0.2, 0) is 4.74 Å². The molecule has 0 aliphatic heterocycles. The number of hydrogen-bond acceptors (Lipinski definition) is 3. The lowest BCUT2D eigenvalue weighted by molar-refractivity contribution is 0.393. The summed E-state index contributed by atoms with van der Waals surface area (Å²) in [6.07, 6.45) is 3.88. The highest BCUT2D eigenvalue weighted by Crippen LogP contribution is 1.85. The molecule has 3 nitrogen and oxygen atoms in total. The molecule has 0 aromatic carbocycles. The van der Waals surface area contributed by atoms with Crippen molar-refractivity contribution < 1.29 is 4.74 Å². The number of ether oxygens (including phenoxy) is 1. The van der Waals surface area contributed by atoms with Crippen LogP contribution in [0.4, 0.5) is 0 Å². The standard InChI is InChI=1S/C9H18N2O/c1-4-6-10-8-9(12-3)11-7-5-2/h6H,4-5,7-8H2,1-3H3. The average Bonchev–Trinajstić information content (AvgIpc) is 2.11. The third-order valence-electron chi connectivity index (χ3n) is 1.29. The van der Waals surface area contributed by atoms with Gasteiger partial charge in [-0.05, 0) is 19.1 Å². The molecule has 0 unspecified atom stereocenters. The average molecular weight is 170 g/mol. The van der Waals surface area contributed by atoms with Crippen molar-refractivity contribution >= 4 is 12.1 Å². The largest absolute Gasteiger partial charge is 0.483 e. The third-order valence-corrected chi connectivity index (χ3v) is 1.29. The van der Waals surface area contributed by atoms with Crippen molar-refractivity contribution in [3.63, 3.8) is 0 Å². The molecular formula is C9H18N2O. The maximum Gasteiger partial charge on any atom is 0.205 e. The van der Waals surface area contributed by atoms with Gasteiger partial charge in [-0.2, -0.15) is 0 Å². The Bertz CT molecular complexity index is 153. The molecule has 0 aromatic heterocycles. The van der Waals surface area contributed by atoms with Gasteiger partial charge in [0.1, 0.15) is 6.54 Å². The zero-order valence-corrected chi connectivity index (χ0v) is 8.21. The number of hydrogen-bond donors (Lipinski definition) is 0. The van der Waals surface area contributed by atoms with Crippen LogP contribution < -0.4 is 0 Å². The summed E-state index contributed by atoms with van der Waals surface area (Å²) in [7, 11) is 1.63.